The van der Waals surface area contributed by atoms with Gasteiger partial charge < -0.3 is 15.0 Å². The molecule has 2 aliphatic rings. The lowest BCUT2D eigenvalue weighted by Gasteiger charge is -2.30. The van der Waals surface area contributed by atoms with Crippen molar-refractivity contribution in [3.63, 3.8) is 0 Å². The Morgan fingerprint density at radius 1 is 1.33 bits per heavy atom. The van der Waals surface area contributed by atoms with E-state index in [4.69, 9.17) is 4.74 Å². The van der Waals surface area contributed by atoms with Gasteiger partial charge in [0.05, 0.1) is 6.61 Å². The van der Waals surface area contributed by atoms with Crippen LogP contribution in [0.2, 0.25) is 0 Å². The summed E-state index contributed by atoms with van der Waals surface area (Å²) in [4.78, 5) is 6.89. The first-order valence-electron chi connectivity index (χ1n) is 6.79. The van der Waals surface area contributed by atoms with Crippen LogP contribution in [0.25, 0.3) is 0 Å². The van der Waals surface area contributed by atoms with E-state index in [-0.39, 0.29) is 0 Å². The van der Waals surface area contributed by atoms with E-state index in [0.29, 0.717) is 12.0 Å². The molecule has 1 aromatic heterocycles. The molecule has 2 aliphatic heterocycles. The van der Waals surface area contributed by atoms with Gasteiger partial charge in [-0.15, -0.1) is 5.10 Å². The topological polar surface area (TPSA) is 66.1 Å². The van der Waals surface area contributed by atoms with Gasteiger partial charge >= 0.3 is 0 Å². The van der Waals surface area contributed by atoms with Crippen LogP contribution in [-0.4, -0.2) is 54.6 Å². The number of aromatic amines is 1. The molecule has 0 spiro atoms. The molecular formula is C12H21N5O. The molecule has 1 atom stereocenters. The first kappa shape index (κ1) is 11.9. The number of anilines is 1. The second-order valence-electron chi connectivity index (χ2n) is 5.13. The zero-order chi connectivity index (χ0) is 12.4. The van der Waals surface area contributed by atoms with Crippen LogP contribution >= 0.6 is 0 Å². The Hall–Kier alpha value is -1.14. The fourth-order valence-corrected chi connectivity index (χ4v) is 2.71. The fraction of sp³-hybridized carbons (Fsp3) is 0.833. The van der Waals surface area contributed by atoms with Crippen LogP contribution in [0.1, 0.15) is 31.0 Å². The molecule has 1 aromatic rings. The van der Waals surface area contributed by atoms with Gasteiger partial charge in [0.2, 0.25) is 5.95 Å². The number of nitrogens with zero attached hydrogens (tertiary/aromatic N) is 3. The summed E-state index contributed by atoms with van der Waals surface area (Å²) in [5.74, 6) is 2.24. The molecule has 0 aliphatic carbocycles. The lowest BCUT2D eigenvalue weighted by molar-refractivity contribution is 0.193. The molecule has 18 heavy (non-hydrogen) atoms. The maximum atomic E-state index is 5.39. The molecule has 2 N–H and O–H groups in total. The van der Waals surface area contributed by atoms with Crippen LogP contribution in [0, 0.1) is 0 Å². The molecule has 2 fully saturated rings. The average Bonchev–Trinajstić information content (AvgIpc) is 3.09. The van der Waals surface area contributed by atoms with Crippen molar-refractivity contribution in [2.24, 2.45) is 0 Å². The quantitative estimate of drug-likeness (QED) is 0.819. The maximum Gasteiger partial charge on any atom is 0.244 e. The first-order chi connectivity index (χ1) is 8.86. The molecule has 0 bridgehead atoms. The molecular weight excluding hydrogens is 230 g/mol. The number of nitrogens with one attached hydrogen (secondary N) is 2. The van der Waals surface area contributed by atoms with Gasteiger partial charge in [-0.1, -0.05) is 0 Å². The van der Waals surface area contributed by atoms with Gasteiger partial charge in [-0.05, 0) is 26.3 Å². The summed E-state index contributed by atoms with van der Waals surface area (Å²) in [5, 5.41) is 10.8. The highest BCUT2D eigenvalue weighted by Crippen LogP contribution is 2.24. The minimum Gasteiger partial charge on any atom is -0.381 e. The van der Waals surface area contributed by atoms with Gasteiger partial charge in [0.1, 0.15) is 5.82 Å². The number of hydrogen-bond acceptors (Lipinski definition) is 5. The summed E-state index contributed by atoms with van der Waals surface area (Å²) in [5.41, 5.74) is 0. The molecule has 0 aromatic carbocycles. The number of H-pyrrole nitrogens is 1. The summed E-state index contributed by atoms with van der Waals surface area (Å²) in [6.07, 6.45) is 3.37. The summed E-state index contributed by atoms with van der Waals surface area (Å²) in [6.45, 7) is 3.68. The largest absolute Gasteiger partial charge is 0.381 e. The Balaban J connectivity index is 1.62. The van der Waals surface area contributed by atoms with Crippen LogP contribution in [0.4, 0.5) is 5.95 Å². The third kappa shape index (κ3) is 2.35. The standard InChI is InChI=1S/C12H21N5O/c1-13-10-2-5-17(6-3-10)12-14-11(15-16-12)9-4-7-18-8-9/h9-10,13H,2-8H2,1H3,(H,14,15,16). The van der Waals surface area contributed by atoms with Crippen molar-refractivity contribution >= 4 is 5.95 Å². The van der Waals surface area contributed by atoms with Crippen molar-refractivity contribution in [1.29, 1.82) is 0 Å². The Kier molecular flexibility index (Phi) is 3.47. The molecule has 0 amide bonds. The normalized spacial score (nSPS) is 25.8. The van der Waals surface area contributed by atoms with Crippen molar-refractivity contribution < 1.29 is 4.74 Å². The fourth-order valence-electron chi connectivity index (χ4n) is 2.71. The maximum absolute atomic E-state index is 5.39. The Bertz CT molecular complexity index is 380. The number of piperidine rings is 1. The van der Waals surface area contributed by atoms with Gasteiger partial charge in [-0.25, -0.2) is 0 Å². The number of hydrogen-bond donors (Lipinski definition) is 2. The Morgan fingerprint density at radius 3 is 2.83 bits per heavy atom. The van der Waals surface area contributed by atoms with E-state index in [1.54, 1.807) is 0 Å². The minimum absolute atomic E-state index is 0.404. The zero-order valence-corrected chi connectivity index (χ0v) is 10.9. The lowest BCUT2D eigenvalue weighted by Crippen LogP contribution is -2.41. The van der Waals surface area contributed by atoms with E-state index in [2.05, 4.69) is 25.4 Å². The van der Waals surface area contributed by atoms with Crippen LogP contribution in [0.3, 0.4) is 0 Å². The van der Waals surface area contributed by atoms with Gasteiger partial charge in [0.15, 0.2) is 0 Å². The summed E-state index contributed by atoms with van der Waals surface area (Å²) in [6, 6.07) is 0.642. The van der Waals surface area contributed by atoms with Gasteiger partial charge in [-0.3, -0.25) is 5.10 Å². The molecule has 6 heteroatoms. The predicted molar refractivity (Wildman–Crippen MR) is 68.9 cm³/mol. The van der Waals surface area contributed by atoms with Gasteiger partial charge in [0, 0.05) is 31.7 Å². The van der Waals surface area contributed by atoms with Gasteiger partial charge in [0.25, 0.3) is 0 Å². The second kappa shape index (κ2) is 5.24. The molecule has 1 unspecified atom stereocenters. The average molecular weight is 251 g/mol. The molecule has 100 valence electrons. The molecule has 3 heterocycles. The summed E-state index contributed by atoms with van der Waals surface area (Å²) in [7, 11) is 2.03. The number of aromatic nitrogens is 3. The van der Waals surface area contributed by atoms with E-state index >= 15 is 0 Å². The minimum atomic E-state index is 0.404. The van der Waals surface area contributed by atoms with Crippen LogP contribution in [-0.2, 0) is 4.74 Å². The second-order valence-corrected chi connectivity index (χ2v) is 5.13. The van der Waals surface area contributed by atoms with Crippen LogP contribution in [0.15, 0.2) is 0 Å². The SMILES string of the molecule is CNC1CCN(c2n[nH]c(C3CCOC3)n2)CC1. The van der Waals surface area contributed by atoms with E-state index in [1.165, 1.54) is 0 Å². The molecule has 0 saturated carbocycles. The predicted octanol–water partition coefficient (Wildman–Crippen LogP) is 0.497. The van der Waals surface area contributed by atoms with Crippen molar-refractivity contribution in [2.75, 3.05) is 38.3 Å². The molecule has 6 nitrogen and oxygen atoms in total. The monoisotopic (exact) mass is 251 g/mol. The molecule has 0 radical (unpaired) electrons. The third-order valence-corrected chi connectivity index (χ3v) is 3.99. The molecule has 3 rings (SSSR count). The van der Waals surface area contributed by atoms with E-state index < -0.39 is 0 Å². The highest BCUT2D eigenvalue weighted by molar-refractivity contribution is 5.30. The summed E-state index contributed by atoms with van der Waals surface area (Å²) < 4.78 is 5.39. The highest BCUT2D eigenvalue weighted by atomic mass is 16.5. The Morgan fingerprint density at radius 2 is 2.17 bits per heavy atom. The zero-order valence-electron chi connectivity index (χ0n) is 10.9. The third-order valence-electron chi connectivity index (χ3n) is 3.99. The van der Waals surface area contributed by atoms with Crippen molar-refractivity contribution in [1.82, 2.24) is 20.5 Å². The summed E-state index contributed by atoms with van der Waals surface area (Å²) >= 11 is 0. The lowest BCUT2D eigenvalue weighted by atomic mass is 10.1. The first-order valence-corrected chi connectivity index (χ1v) is 6.79. The van der Waals surface area contributed by atoms with Crippen molar-refractivity contribution in [3.8, 4) is 0 Å². The van der Waals surface area contributed by atoms with Crippen molar-refractivity contribution in [3.05, 3.63) is 5.82 Å². The number of ether oxygens (including phenoxy) is 1. The van der Waals surface area contributed by atoms with Crippen LogP contribution in [0.5, 0.6) is 0 Å². The van der Waals surface area contributed by atoms with Crippen molar-refractivity contribution in [2.45, 2.75) is 31.2 Å². The van der Waals surface area contributed by atoms with E-state index in [9.17, 15) is 0 Å². The van der Waals surface area contributed by atoms with Crippen LogP contribution < -0.4 is 10.2 Å². The Labute approximate surface area is 107 Å². The van der Waals surface area contributed by atoms with E-state index in [1.807, 2.05) is 7.05 Å². The smallest absolute Gasteiger partial charge is 0.244 e. The highest BCUT2D eigenvalue weighted by Gasteiger charge is 2.24. The number of rotatable bonds is 3. The van der Waals surface area contributed by atoms with Gasteiger partial charge in [-0.2, -0.15) is 4.98 Å². The molecule has 2 saturated heterocycles. The van der Waals surface area contributed by atoms with E-state index in [0.717, 1.165) is 57.3 Å².